The van der Waals surface area contributed by atoms with Crippen LogP contribution in [0.25, 0.3) is 10.9 Å². The van der Waals surface area contributed by atoms with Gasteiger partial charge >= 0.3 is 0 Å². The van der Waals surface area contributed by atoms with E-state index in [2.05, 4.69) is 29.4 Å². The number of rotatable bonds is 7. The second-order valence-electron chi connectivity index (χ2n) is 5.50. The van der Waals surface area contributed by atoms with Crippen LogP contribution in [-0.2, 0) is 11.2 Å². The molecule has 0 saturated carbocycles. The maximum absolute atomic E-state index is 11.8. The molecule has 0 spiro atoms. The number of amides is 1. The van der Waals surface area contributed by atoms with Crippen molar-refractivity contribution in [1.82, 2.24) is 10.3 Å². The summed E-state index contributed by atoms with van der Waals surface area (Å²) in [6, 6.07) is 8.32. The molecule has 0 saturated heterocycles. The predicted octanol–water partition coefficient (Wildman–Crippen LogP) is 1.73. The second kappa shape index (κ2) is 7.22. The molecule has 3 N–H and O–H groups in total. The molecular weight excluding hydrogens is 278 g/mol. The monoisotopic (exact) mass is 301 g/mol. The summed E-state index contributed by atoms with van der Waals surface area (Å²) in [6.45, 7) is 2.15. The number of aromatic nitrogens is 1. The number of hydrogen-bond donors (Lipinski definition) is 3. The molecule has 5 heteroatoms. The zero-order valence-corrected chi connectivity index (χ0v) is 14.7. The summed E-state index contributed by atoms with van der Waals surface area (Å²) in [7, 11) is 0.493. The minimum Gasteiger partial charge on any atom is -0.361 e. The Kier molecular flexibility index (Phi) is 5.33. The maximum Gasteiger partial charge on any atom is 0.259 e. The van der Waals surface area contributed by atoms with E-state index in [1.165, 1.54) is 10.9 Å². The summed E-state index contributed by atoms with van der Waals surface area (Å²) in [5.74, 6) is -0.206. The molecule has 0 radical (unpaired) electrons. The molecule has 0 aliphatic heterocycles. The van der Waals surface area contributed by atoms with Gasteiger partial charge in [0, 0.05) is 23.1 Å². The van der Waals surface area contributed by atoms with Gasteiger partial charge in [0.25, 0.3) is 5.91 Å². The Labute approximate surface area is 128 Å². The van der Waals surface area contributed by atoms with Crippen LogP contribution in [0.4, 0.5) is 0 Å². The predicted molar refractivity (Wildman–Crippen MR) is 91.1 cm³/mol. The molecule has 4 nitrogen and oxygen atoms in total. The molecule has 1 amide bonds. The highest BCUT2D eigenvalue weighted by molar-refractivity contribution is 6.77. The average molecular weight is 301 g/mol. The first kappa shape index (κ1) is 15.5. The van der Waals surface area contributed by atoms with Gasteiger partial charge in [-0.1, -0.05) is 38.0 Å². The molecule has 2 aromatic rings. The Morgan fingerprint density at radius 2 is 2.19 bits per heavy atom. The van der Waals surface area contributed by atoms with E-state index in [-0.39, 0.29) is 17.3 Å². The molecule has 1 atom stereocenters. The number of nitrogens with one attached hydrogen (secondary N) is 3. The topological polar surface area (TPSA) is 68.7 Å². The molecule has 0 aliphatic carbocycles. The van der Waals surface area contributed by atoms with Gasteiger partial charge in [-0.2, -0.15) is 0 Å². The molecule has 1 aromatic carbocycles. The fraction of sp³-hybridized carbons (Fsp3) is 0.375. The summed E-state index contributed by atoms with van der Waals surface area (Å²) in [6.07, 6.45) is 5.99. The summed E-state index contributed by atoms with van der Waals surface area (Å²) in [4.78, 5) is 15.1. The van der Waals surface area contributed by atoms with Crippen molar-refractivity contribution in [3.63, 3.8) is 0 Å². The van der Waals surface area contributed by atoms with Crippen molar-refractivity contribution in [3.8, 4) is 0 Å². The standard InChI is InChI=1S/C16H23N3OSi/c1-2-3-6-12(19-16(20)15(17)21)9-11-10-18-14-8-5-4-7-13(11)14/h4-5,7-8,10,12,17-18H,2-3,6,9H2,1,21H3,(H,19,20). The zero-order chi connectivity index (χ0) is 15.2. The lowest BCUT2D eigenvalue weighted by atomic mass is 10.0. The smallest absolute Gasteiger partial charge is 0.259 e. The molecule has 0 fully saturated rings. The molecule has 1 aromatic heterocycles. The van der Waals surface area contributed by atoms with Crippen LogP contribution in [0.2, 0.25) is 0 Å². The van der Waals surface area contributed by atoms with Crippen LogP contribution in [0, 0.1) is 5.41 Å². The Morgan fingerprint density at radius 1 is 1.43 bits per heavy atom. The molecule has 2 rings (SSSR count). The van der Waals surface area contributed by atoms with E-state index in [9.17, 15) is 4.79 Å². The third-order valence-electron chi connectivity index (χ3n) is 3.72. The number of unbranched alkanes of at least 4 members (excludes halogenated alkanes) is 1. The highest BCUT2D eigenvalue weighted by atomic mass is 28.1. The molecule has 112 valence electrons. The van der Waals surface area contributed by atoms with E-state index in [4.69, 9.17) is 5.41 Å². The van der Waals surface area contributed by atoms with Crippen LogP contribution in [0.5, 0.6) is 0 Å². The molecule has 1 heterocycles. The number of carbonyl (C=O) groups excluding carboxylic acids is 1. The van der Waals surface area contributed by atoms with Crippen LogP contribution in [0.3, 0.4) is 0 Å². The minimum absolute atomic E-state index is 0.103. The van der Waals surface area contributed by atoms with E-state index in [0.29, 0.717) is 10.2 Å². The van der Waals surface area contributed by atoms with Crippen LogP contribution < -0.4 is 5.32 Å². The van der Waals surface area contributed by atoms with E-state index < -0.39 is 0 Å². The van der Waals surface area contributed by atoms with Crippen molar-refractivity contribution in [2.75, 3.05) is 0 Å². The number of fused-ring (bicyclic) bond motifs is 1. The quantitative estimate of drug-likeness (QED) is 0.529. The second-order valence-corrected chi connectivity index (χ2v) is 6.50. The van der Waals surface area contributed by atoms with Gasteiger partial charge in [-0.05, 0) is 24.5 Å². The van der Waals surface area contributed by atoms with E-state index in [1.54, 1.807) is 0 Å². The lowest BCUT2D eigenvalue weighted by Crippen LogP contribution is -2.40. The first-order chi connectivity index (χ1) is 10.1. The molecule has 1 unspecified atom stereocenters. The van der Waals surface area contributed by atoms with Crippen molar-refractivity contribution in [3.05, 3.63) is 36.0 Å². The third-order valence-corrected chi connectivity index (χ3v) is 4.18. The van der Waals surface area contributed by atoms with Gasteiger partial charge < -0.3 is 15.7 Å². The highest BCUT2D eigenvalue weighted by Gasteiger charge is 2.15. The summed E-state index contributed by atoms with van der Waals surface area (Å²) in [5.41, 5.74) is 2.36. The van der Waals surface area contributed by atoms with Crippen LogP contribution in [0.1, 0.15) is 31.7 Å². The van der Waals surface area contributed by atoms with E-state index in [0.717, 1.165) is 31.2 Å². The zero-order valence-electron chi connectivity index (χ0n) is 12.7. The maximum atomic E-state index is 11.8. The minimum atomic E-state index is -0.206. The van der Waals surface area contributed by atoms with Crippen molar-refractivity contribution in [2.45, 2.75) is 38.6 Å². The number of benzene rings is 1. The van der Waals surface area contributed by atoms with Crippen molar-refractivity contribution in [1.29, 1.82) is 5.41 Å². The number of para-hydroxylation sites is 1. The number of H-pyrrole nitrogens is 1. The molecule has 0 bridgehead atoms. The summed E-state index contributed by atoms with van der Waals surface area (Å²) < 4.78 is 0. The van der Waals surface area contributed by atoms with Crippen molar-refractivity contribution < 1.29 is 4.79 Å². The fourth-order valence-corrected chi connectivity index (χ4v) is 2.68. The number of carbonyl (C=O) groups is 1. The third kappa shape index (κ3) is 4.04. The largest absolute Gasteiger partial charge is 0.361 e. The number of hydrogen-bond acceptors (Lipinski definition) is 2. The van der Waals surface area contributed by atoms with Gasteiger partial charge in [0.2, 0.25) is 0 Å². The van der Waals surface area contributed by atoms with Crippen LogP contribution >= 0.6 is 0 Å². The Bertz CT molecular complexity index is 635. The van der Waals surface area contributed by atoms with E-state index in [1.807, 2.05) is 18.3 Å². The van der Waals surface area contributed by atoms with Gasteiger partial charge in [0.15, 0.2) is 0 Å². The summed E-state index contributed by atoms with van der Waals surface area (Å²) in [5, 5.41) is 11.9. The van der Waals surface area contributed by atoms with Gasteiger partial charge in [-0.15, -0.1) is 0 Å². The fourth-order valence-electron chi connectivity index (χ4n) is 2.54. The molecular formula is C16H23N3OSi. The van der Waals surface area contributed by atoms with Gasteiger partial charge in [0.05, 0.1) is 15.6 Å². The summed E-state index contributed by atoms with van der Waals surface area (Å²) >= 11 is 0. The van der Waals surface area contributed by atoms with Gasteiger partial charge in [-0.25, -0.2) is 0 Å². The average Bonchev–Trinajstić information content (AvgIpc) is 2.88. The lowest BCUT2D eigenvalue weighted by Gasteiger charge is -2.18. The first-order valence-electron chi connectivity index (χ1n) is 7.52. The molecule has 21 heavy (non-hydrogen) atoms. The lowest BCUT2D eigenvalue weighted by molar-refractivity contribution is -0.115. The van der Waals surface area contributed by atoms with Crippen molar-refractivity contribution in [2.24, 2.45) is 0 Å². The van der Waals surface area contributed by atoms with Gasteiger partial charge in [-0.3, -0.25) is 4.79 Å². The molecule has 0 aliphatic rings. The Morgan fingerprint density at radius 3 is 2.90 bits per heavy atom. The Balaban J connectivity index is 2.13. The van der Waals surface area contributed by atoms with E-state index >= 15 is 0 Å². The van der Waals surface area contributed by atoms with Crippen molar-refractivity contribution >= 4 is 32.4 Å². The number of aromatic amines is 1. The SMILES string of the molecule is CCCCC(Cc1c[nH]c2ccccc12)NC(=O)C(=N)[SiH3]. The Hall–Kier alpha value is -1.88. The highest BCUT2D eigenvalue weighted by Crippen LogP contribution is 2.20. The van der Waals surface area contributed by atoms with Crippen LogP contribution in [-0.4, -0.2) is 32.5 Å². The first-order valence-corrected chi connectivity index (χ1v) is 8.52. The van der Waals surface area contributed by atoms with Crippen LogP contribution in [0.15, 0.2) is 30.5 Å². The normalized spacial score (nSPS) is 12.4. The van der Waals surface area contributed by atoms with Gasteiger partial charge in [0.1, 0.15) is 0 Å².